The maximum absolute atomic E-state index is 9.10. The monoisotopic (exact) mass is 265 g/mol. The zero-order valence-corrected chi connectivity index (χ0v) is 11.7. The van der Waals surface area contributed by atoms with Crippen molar-refractivity contribution in [3.05, 3.63) is 59.7 Å². The number of nitriles is 1. The molecule has 0 aliphatic heterocycles. The lowest BCUT2D eigenvalue weighted by Gasteiger charge is -2.25. The van der Waals surface area contributed by atoms with Gasteiger partial charge in [-0.25, -0.2) is 0 Å². The Hall–Kier alpha value is -2.47. The number of anilines is 2. The molecule has 3 heteroatoms. The molecule has 0 radical (unpaired) electrons. The zero-order chi connectivity index (χ0) is 14.4. The van der Waals surface area contributed by atoms with Gasteiger partial charge in [0.15, 0.2) is 0 Å². The molecule has 2 aromatic rings. The molecule has 20 heavy (non-hydrogen) atoms. The summed E-state index contributed by atoms with van der Waals surface area (Å²) in [5.74, 6) is 0. The number of hydrogen-bond donors (Lipinski definition) is 1. The van der Waals surface area contributed by atoms with Gasteiger partial charge in [-0.05, 0) is 30.2 Å². The summed E-state index contributed by atoms with van der Waals surface area (Å²) >= 11 is 0. The van der Waals surface area contributed by atoms with E-state index >= 15 is 0 Å². The summed E-state index contributed by atoms with van der Waals surface area (Å²) in [6, 6.07) is 18.1. The fourth-order valence-electron chi connectivity index (χ4n) is 2.21. The lowest BCUT2D eigenvalue weighted by Crippen LogP contribution is -2.23. The molecule has 102 valence electrons. The largest absolute Gasteiger partial charge is 0.398 e. The van der Waals surface area contributed by atoms with E-state index in [9.17, 15) is 0 Å². The van der Waals surface area contributed by atoms with Crippen LogP contribution in [0.25, 0.3) is 0 Å². The third-order valence-corrected chi connectivity index (χ3v) is 3.23. The predicted octanol–water partition coefficient (Wildman–Crippen LogP) is 3.56. The van der Waals surface area contributed by atoms with Gasteiger partial charge < -0.3 is 10.6 Å². The maximum Gasteiger partial charge on any atom is 0.101 e. The summed E-state index contributed by atoms with van der Waals surface area (Å²) in [6.07, 6.45) is 1.05. The van der Waals surface area contributed by atoms with E-state index in [-0.39, 0.29) is 0 Å². The Bertz CT molecular complexity index is 599. The Kier molecular flexibility index (Phi) is 4.62. The third kappa shape index (κ3) is 3.30. The van der Waals surface area contributed by atoms with E-state index in [1.807, 2.05) is 36.4 Å². The second-order valence-electron chi connectivity index (χ2n) is 4.79. The molecule has 0 unspecified atom stereocenters. The molecule has 2 rings (SSSR count). The van der Waals surface area contributed by atoms with E-state index in [1.165, 1.54) is 5.56 Å². The fourth-order valence-corrected chi connectivity index (χ4v) is 2.21. The smallest absolute Gasteiger partial charge is 0.101 e. The number of nitrogen functional groups attached to an aromatic ring is 1. The first-order valence-electron chi connectivity index (χ1n) is 6.83. The minimum Gasteiger partial charge on any atom is -0.398 e. The van der Waals surface area contributed by atoms with Gasteiger partial charge in [-0.2, -0.15) is 5.26 Å². The van der Waals surface area contributed by atoms with Gasteiger partial charge in [0.2, 0.25) is 0 Å². The van der Waals surface area contributed by atoms with E-state index in [0.717, 1.165) is 25.2 Å². The van der Waals surface area contributed by atoms with Crippen LogP contribution in [0.2, 0.25) is 0 Å². The molecule has 0 atom stereocenters. The average molecular weight is 265 g/mol. The molecule has 0 amide bonds. The van der Waals surface area contributed by atoms with Gasteiger partial charge in [0.25, 0.3) is 0 Å². The van der Waals surface area contributed by atoms with E-state index in [1.54, 1.807) is 0 Å². The van der Waals surface area contributed by atoms with E-state index in [0.29, 0.717) is 11.3 Å². The van der Waals surface area contributed by atoms with Gasteiger partial charge in [-0.1, -0.05) is 37.3 Å². The molecule has 2 N–H and O–H groups in total. The highest BCUT2D eigenvalue weighted by Crippen LogP contribution is 2.22. The second-order valence-corrected chi connectivity index (χ2v) is 4.79. The fraction of sp³-hybridized carbons (Fsp3) is 0.235. The van der Waals surface area contributed by atoms with Crippen molar-refractivity contribution in [2.24, 2.45) is 0 Å². The van der Waals surface area contributed by atoms with Crippen molar-refractivity contribution in [2.75, 3.05) is 17.2 Å². The number of rotatable bonds is 5. The number of hydrogen-bond acceptors (Lipinski definition) is 3. The molecule has 0 spiro atoms. The van der Waals surface area contributed by atoms with Gasteiger partial charge in [0.05, 0.1) is 5.56 Å². The van der Waals surface area contributed by atoms with Gasteiger partial charge >= 0.3 is 0 Å². The summed E-state index contributed by atoms with van der Waals surface area (Å²) in [5.41, 5.74) is 9.16. The third-order valence-electron chi connectivity index (χ3n) is 3.23. The predicted molar refractivity (Wildman–Crippen MR) is 83.4 cm³/mol. The molecule has 3 nitrogen and oxygen atoms in total. The summed E-state index contributed by atoms with van der Waals surface area (Å²) < 4.78 is 0. The molecule has 0 aromatic heterocycles. The van der Waals surface area contributed by atoms with Crippen molar-refractivity contribution in [2.45, 2.75) is 19.9 Å². The van der Waals surface area contributed by atoms with Crippen molar-refractivity contribution in [1.29, 1.82) is 5.26 Å². The number of benzene rings is 2. The van der Waals surface area contributed by atoms with Crippen LogP contribution in [0.4, 0.5) is 11.4 Å². The molecular formula is C17H19N3. The summed E-state index contributed by atoms with van der Waals surface area (Å²) in [5, 5.41) is 9.10. The van der Waals surface area contributed by atoms with Crippen LogP contribution in [-0.4, -0.2) is 6.54 Å². The van der Waals surface area contributed by atoms with Crippen LogP contribution >= 0.6 is 0 Å². The molecule has 0 bridgehead atoms. The molecular weight excluding hydrogens is 246 g/mol. The SMILES string of the molecule is CCCN(Cc1ccccc1)c1ccc(N)c(C#N)c1. The molecule has 0 aliphatic carbocycles. The zero-order valence-electron chi connectivity index (χ0n) is 11.7. The Labute approximate surface area is 120 Å². The minimum absolute atomic E-state index is 0.535. The lowest BCUT2D eigenvalue weighted by molar-refractivity contribution is 0.767. The highest BCUT2D eigenvalue weighted by Gasteiger charge is 2.08. The second kappa shape index (κ2) is 6.63. The van der Waals surface area contributed by atoms with Crippen molar-refractivity contribution < 1.29 is 0 Å². The first-order chi connectivity index (χ1) is 9.74. The van der Waals surface area contributed by atoms with E-state index < -0.39 is 0 Å². The number of nitrogens with zero attached hydrogens (tertiary/aromatic N) is 2. The van der Waals surface area contributed by atoms with Crippen LogP contribution in [0.5, 0.6) is 0 Å². The standard InChI is InChI=1S/C17H19N3/c1-2-10-20(13-14-6-4-3-5-7-14)16-8-9-17(19)15(11-16)12-18/h3-9,11H,2,10,13,19H2,1H3. The first kappa shape index (κ1) is 14.0. The topological polar surface area (TPSA) is 53.0 Å². The van der Waals surface area contributed by atoms with Crippen LogP contribution in [0.3, 0.4) is 0 Å². The van der Waals surface area contributed by atoms with E-state index in [4.69, 9.17) is 11.0 Å². The number of nitrogens with two attached hydrogens (primary N) is 1. The van der Waals surface area contributed by atoms with Crippen LogP contribution in [0.15, 0.2) is 48.5 Å². The maximum atomic E-state index is 9.10. The van der Waals surface area contributed by atoms with Crippen LogP contribution in [-0.2, 0) is 6.54 Å². The molecule has 0 fully saturated rings. The van der Waals surface area contributed by atoms with Crippen molar-refractivity contribution in [1.82, 2.24) is 0 Å². The van der Waals surface area contributed by atoms with Gasteiger partial charge in [-0.3, -0.25) is 0 Å². The first-order valence-corrected chi connectivity index (χ1v) is 6.83. The average Bonchev–Trinajstić information content (AvgIpc) is 2.48. The molecule has 2 aromatic carbocycles. The van der Waals surface area contributed by atoms with Crippen LogP contribution in [0.1, 0.15) is 24.5 Å². The highest BCUT2D eigenvalue weighted by atomic mass is 15.1. The Balaban J connectivity index is 2.27. The molecule has 0 aliphatic rings. The lowest BCUT2D eigenvalue weighted by atomic mass is 10.1. The van der Waals surface area contributed by atoms with Gasteiger partial charge in [-0.15, -0.1) is 0 Å². The van der Waals surface area contributed by atoms with Crippen LogP contribution in [0, 0.1) is 11.3 Å². The quantitative estimate of drug-likeness (QED) is 0.841. The molecule has 0 saturated carbocycles. The Morgan fingerprint density at radius 3 is 2.55 bits per heavy atom. The Morgan fingerprint density at radius 2 is 1.90 bits per heavy atom. The minimum atomic E-state index is 0.535. The summed E-state index contributed by atoms with van der Waals surface area (Å²) in [6.45, 7) is 3.94. The van der Waals surface area contributed by atoms with Crippen molar-refractivity contribution in [3.63, 3.8) is 0 Å². The van der Waals surface area contributed by atoms with Crippen LogP contribution < -0.4 is 10.6 Å². The van der Waals surface area contributed by atoms with E-state index in [2.05, 4.69) is 30.0 Å². The van der Waals surface area contributed by atoms with Gasteiger partial charge in [0, 0.05) is 24.5 Å². The summed E-state index contributed by atoms with van der Waals surface area (Å²) in [7, 11) is 0. The van der Waals surface area contributed by atoms with Crippen molar-refractivity contribution in [3.8, 4) is 6.07 Å². The molecule has 0 heterocycles. The highest BCUT2D eigenvalue weighted by molar-refractivity contribution is 5.62. The van der Waals surface area contributed by atoms with Crippen molar-refractivity contribution >= 4 is 11.4 Å². The van der Waals surface area contributed by atoms with Gasteiger partial charge in [0.1, 0.15) is 6.07 Å². The Morgan fingerprint density at radius 1 is 1.15 bits per heavy atom. The normalized spacial score (nSPS) is 10.0. The molecule has 0 saturated heterocycles. The summed E-state index contributed by atoms with van der Waals surface area (Å²) in [4.78, 5) is 2.27.